The first-order valence-electron chi connectivity index (χ1n) is 27.1. The van der Waals surface area contributed by atoms with Crippen molar-refractivity contribution in [3.8, 4) is 0 Å². The Hall–Kier alpha value is -7.86. The van der Waals surface area contributed by atoms with Gasteiger partial charge in [-0.2, -0.15) is 0 Å². The van der Waals surface area contributed by atoms with Crippen LogP contribution in [0.4, 0.5) is 17.8 Å². The number of aryl methyl sites for hydroxylation is 6. The molecule has 9 aromatic heterocycles. The Bertz CT molecular complexity index is 3320. The smallest absolute Gasteiger partial charge is 0.268 e. The molecule has 0 aliphatic carbocycles. The number of imidazole rings is 3. The molecule has 0 spiro atoms. The average molecular weight is 1320 g/mol. The van der Waals surface area contributed by atoms with E-state index in [-0.39, 0.29) is 17.7 Å². The highest BCUT2D eigenvalue weighted by Crippen LogP contribution is 2.26. The van der Waals surface area contributed by atoms with Gasteiger partial charge in [0.05, 0.1) is 64.4 Å². The minimum atomic E-state index is -0.139. The van der Waals surface area contributed by atoms with E-state index in [1.807, 2.05) is 25.6 Å². The van der Waals surface area contributed by atoms with E-state index in [0.717, 1.165) is 144 Å². The zero-order valence-electron chi connectivity index (χ0n) is 45.7. The number of H-pyrrole nitrogens is 5. The van der Waals surface area contributed by atoms with Crippen LogP contribution >= 0.6 is 47.8 Å². The van der Waals surface area contributed by atoms with Crippen molar-refractivity contribution in [1.82, 2.24) is 105 Å². The molecule has 0 aliphatic heterocycles. The van der Waals surface area contributed by atoms with Crippen molar-refractivity contribution in [2.45, 2.75) is 116 Å². The van der Waals surface area contributed by atoms with Gasteiger partial charge < -0.3 is 62.6 Å². The molecule has 0 aliphatic rings. The summed E-state index contributed by atoms with van der Waals surface area (Å²) in [6.07, 6.45) is 29.9. The molecule has 0 bridgehead atoms. The van der Waals surface area contributed by atoms with Gasteiger partial charge in [0, 0.05) is 79.2 Å². The molecule has 82 heavy (non-hydrogen) atoms. The van der Waals surface area contributed by atoms with Crippen molar-refractivity contribution in [3.63, 3.8) is 0 Å². The third-order valence-corrected chi connectivity index (χ3v) is 15.4. The van der Waals surface area contributed by atoms with Crippen molar-refractivity contribution in [2.75, 3.05) is 36.8 Å². The highest BCUT2D eigenvalue weighted by molar-refractivity contribution is 9.13. The van der Waals surface area contributed by atoms with Crippen LogP contribution in [-0.2, 0) is 65.2 Å². The molecule has 0 unspecified atom stereocenters. The van der Waals surface area contributed by atoms with Crippen molar-refractivity contribution >= 4 is 83.4 Å². The normalized spacial score (nSPS) is 11.0. The van der Waals surface area contributed by atoms with E-state index in [1.165, 1.54) is 0 Å². The number of nitrogen functional groups attached to an aromatic ring is 3. The van der Waals surface area contributed by atoms with Crippen molar-refractivity contribution < 1.29 is 14.4 Å². The lowest BCUT2D eigenvalue weighted by molar-refractivity contribution is 0.0936. The van der Waals surface area contributed by atoms with Crippen molar-refractivity contribution in [2.24, 2.45) is 7.05 Å². The Morgan fingerprint density at radius 3 is 1.30 bits per heavy atom. The summed E-state index contributed by atoms with van der Waals surface area (Å²) in [6, 6.07) is 7.06. The van der Waals surface area contributed by atoms with Crippen LogP contribution in [0.3, 0.4) is 0 Å². The third kappa shape index (κ3) is 20.9. The summed E-state index contributed by atoms with van der Waals surface area (Å²) in [7, 11) is 1.83. The van der Waals surface area contributed by atoms with E-state index in [9.17, 15) is 14.4 Å². The number of rotatable bonds is 30. The number of aromatic nitrogens is 18. The monoisotopic (exact) mass is 1320 g/mol. The first-order valence-corrected chi connectivity index (χ1v) is 29.5. The standard InChI is InChI=1S/C18H24Br2N8O.C17H23BrN8O.C17H24N8O/c1-27-15(9-14(19)16(27)20)17(29)22-7-8-28-11-13(25-26-28)6-4-2-3-5-12-10-23-18(21)24-12;18-12-8-15(21-9-12)16(27)20-6-7-26-11-14(24-25-26)5-3-1-2-4-13-10-22-17(19)23-13;18-17-21-11-13(22-17)5-2-1-3-6-14-12-25(24-23-14)10-9-20-16(26)15-7-4-8-19-15/h9-11H,2-8H2,1H3,(H,22,29)(H3,21,23,24);8-11,21H,1-7H2,(H,20,27)(H3,19,22,23);4,7-8,11-12,19H,1-3,5-6,9-10H2,(H,20,26)(H3,18,21,22). The number of halogens is 3. The summed E-state index contributed by atoms with van der Waals surface area (Å²) >= 11 is 10.1. The molecule has 0 saturated carbocycles. The molecule has 9 rings (SSSR count). The van der Waals surface area contributed by atoms with E-state index in [2.05, 4.69) is 135 Å². The first kappa shape index (κ1) is 61.8. The van der Waals surface area contributed by atoms with Gasteiger partial charge in [-0.3, -0.25) is 28.4 Å². The Morgan fingerprint density at radius 1 is 0.537 bits per heavy atom. The van der Waals surface area contributed by atoms with E-state index >= 15 is 0 Å². The Kier molecular flexibility index (Phi) is 24.5. The van der Waals surface area contributed by atoms with Crippen LogP contribution in [0.25, 0.3) is 0 Å². The number of anilines is 3. The van der Waals surface area contributed by atoms with Gasteiger partial charge >= 0.3 is 0 Å². The van der Waals surface area contributed by atoms with Crippen LogP contribution in [0.5, 0.6) is 0 Å². The van der Waals surface area contributed by atoms with Crippen LogP contribution < -0.4 is 33.2 Å². The summed E-state index contributed by atoms with van der Waals surface area (Å²) in [5.74, 6) is 1.03. The van der Waals surface area contributed by atoms with Gasteiger partial charge in [-0.15, -0.1) is 15.3 Å². The average Bonchev–Trinajstić information content (AvgIpc) is 4.46. The molecule has 3 amide bonds. The zero-order chi connectivity index (χ0) is 58.1. The number of nitrogens with one attached hydrogen (secondary N) is 8. The number of carbonyl (C=O) groups is 3. The maximum Gasteiger partial charge on any atom is 0.268 e. The van der Waals surface area contributed by atoms with Crippen LogP contribution in [-0.4, -0.2) is 127 Å². The maximum absolute atomic E-state index is 12.3. The van der Waals surface area contributed by atoms with E-state index in [0.29, 0.717) is 74.2 Å². The summed E-state index contributed by atoms with van der Waals surface area (Å²) < 4.78 is 9.60. The summed E-state index contributed by atoms with van der Waals surface area (Å²) in [6.45, 7) is 3.24. The van der Waals surface area contributed by atoms with Crippen molar-refractivity contribution in [3.05, 3.63) is 139 Å². The number of hydrogen-bond donors (Lipinski definition) is 11. The number of aromatic amines is 5. The fourth-order valence-electron chi connectivity index (χ4n) is 8.46. The largest absolute Gasteiger partial charge is 0.369 e. The van der Waals surface area contributed by atoms with E-state index in [4.69, 9.17) is 17.2 Å². The van der Waals surface area contributed by atoms with Gasteiger partial charge in [0.2, 0.25) is 0 Å². The van der Waals surface area contributed by atoms with Gasteiger partial charge in [-0.05, 0) is 149 Å². The third-order valence-electron chi connectivity index (χ3n) is 12.8. The molecule has 30 heteroatoms. The molecule has 0 radical (unpaired) electrons. The van der Waals surface area contributed by atoms with Gasteiger partial charge in [-0.1, -0.05) is 34.9 Å². The Labute approximate surface area is 498 Å². The highest BCUT2D eigenvalue weighted by Gasteiger charge is 2.15. The second-order valence-corrected chi connectivity index (χ2v) is 21.8. The molecule has 27 nitrogen and oxygen atoms in total. The number of carbonyl (C=O) groups excluding carboxylic acids is 3. The van der Waals surface area contributed by atoms with Gasteiger partial charge in [0.15, 0.2) is 17.8 Å². The first-order chi connectivity index (χ1) is 39.7. The van der Waals surface area contributed by atoms with Gasteiger partial charge in [0.25, 0.3) is 17.7 Å². The van der Waals surface area contributed by atoms with Crippen molar-refractivity contribution in [1.29, 1.82) is 0 Å². The predicted molar refractivity (Wildman–Crippen MR) is 320 cm³/mol. The predicted octanol–water partition coefficient (Wildman–Crippen LogP) is 6.19. The number of amides is 3. The topological polar surface area (TPSA) is 380 Å². The minimum Gasteiger partial charge on any atom is -0.369 e. The lowest BCUT2D eigenvalue weighted by Crippen LogP contribution is -2.28. The molecule has 0 aromatic carbocycles. The molecule has 14 N–H and O–H groups in total. The van der Waals surface area contributed by atoms with E-state index < -0.39 is 0 Å². The lowest BCUT2D eigenvalue weighted by atomic mass is 10.1. The fourth-order valence-corrected chi connectivity index (χ4v) is 9.59. The summed E-state index contributed by atoms with van der Waals surface area (Å²) in [4.78, 5) is 62.9. The molecule has 0 fully saturated rings. The number of hydrogen-bond acceptors (Lipinski definition) is 15. The van der Waals surface area contributed by atoms with Crippen LogP contribution in [0, 0.1) is 0 Å². The SMILES string of the molecule is Cn1c(C(=O)NCCn2cc(CCCCCc3cnc(N)[nH]3)nn2)cc(Br)c1Br.Nc1ncc(CCCCCc2cn(CCNC(=O)c3cc(Br)c[nH]3)nn2)[nH]1.Nc1ncc(CCCCCc2cn(CCNC(=O)c3ccc[nH]3)nn2)[nH]1. The minimum absolute atomic E-state index is 0.116. The molecule has 9 heterocycles. The summed E-state index contributed by atoms with van der Waals surface area (Å²) in [5, 5.41) is 33.5. The zero-order valence-corrected chi connectivity index (χ0v) is 50.4. The molecule has 9 aromatic rings. The molecule has 438 valence electrons. The molecular weight excluding hydrogens is 1250 g/mol. The Balaban J connectivity index is 0.000000177. The number of unbranched alkanes of at least 4 members (excludes halogenated alkanes) is 6. The molecule has 0 atom stereocenters. The second kappa shape index (κ2) is 32.5. The Morgan fingerprint density at radius 2 is 0.951 bits per heavy atom. The number of nitrogens with zero attached hydrogens (tertiary/aromatic N) is 13. The van der Waals surface area contributed by atoms with E-state index in [1.54, 1.807) is 73.9 Å². The van der Waals surface area contributed by atoms with Gasteiger partial charge in [-0.25, -0.2) is 15.0 Å². The van der Waals surface area contributed by atoms with Crippen LogP contribution in [0.1, 0.15) is 123 Å². The second-order valence-electron chi connectivity index (χ2n) is 19.3. The highest BCUT2D eigenvalue weighted by atomic mass is 79.9. The number of nitrogens with two attached hydrogens (primary N) is 3. The molecular formula is C52H71Br3N24O3. The van der Waals surface area contributed by atoms with Gasteiger partial charge in [0.1, 0.15) is 17.1 Å². The lowest BCUT2D eigenvalue weighted by Gasteiger charge is -2.06. The van der Waals surface area contributed by atoms with Crippen LogP contribution in [0.15, 0.2) is 87.4 Å². The maximum atomic E-state index is 12.3. The summed E-state index contributed by atoms with van der Waals surface area (Å²) in [5.41, 5.74) is 24.5. The van der Waals surface area contributed by atoms with Crippen LogP contribution in [0.2, 0.25) is 0 Å². The quantitative estimate of drug-likeness (QED) is 0.0224. The fraction of sp³-hybridized carbons (Fsp3) is 0.423. The molecule has 0 saturated heterocycles.